The number of carbonyl (C=O) groups excluding carboxylic acids is 1. The molecule has 78 valence electrons. The third-order valence-electron chi connectivity index (χ3n) is 2.66. The monoisotopic (exact) mass is 209 g/mol. The zero-order valence-corrected chi connectivity index (χ0v) is 7.91. The van der Waals surface area contributed by atoms with Crippen LogP contribution in [0.25, 0.3) is 0 Å². The second kappa shape index (κ2) is 3.55. The number of aliphatic imine (C=N–C) groups is 1. The molecule has 4 heteroatoms. The van der Waals surface area contributed by atoms with Gasteiger partial charge in [-0.1, -0.05) is 18.2 Å². The molecular weight excluding hydrogens is 200 g/mol. The molecule has 1 aliphatic rings. The van der Waals surface area contributed by atoms with Gasteiger partial charge >= 0.3 is 0 Å². The number of isocyanates is 1. The zero-order chi connectivity index (χ0) is 10.9. The number of hydrogen-bond acceptors (Lipinski definition) is 2. The molecule has 0 bridgehead atoms. The van der Waals surface area contributed by atoms with Gasteiger partial charge in [-0.3, -0.25) is 0 Å². The third-order valence-corrected chi connectivity index (χ3v) is 2.66. The van der Waals surface area contributed by atoms with Crippen molar-refractivity contribution in [3.8, 4) is 0 Å². The van der Waals surface area contributed by atoms with E-state index >= 15 is 0 Å². The zero-order valence-electron chi connectivity index (χ0n) is 7.91. The molecule has 0 spiro atoms. The first-order valence-corrected chi connectivity index (χ1v) is 4.65. The van der Waals surface area contributed by atoms with E-state index in [1.807, 2.05) is 0 Å². The van der Waals surface area contributed by atoms with Gasteiger partial charge in [-0.05, 0) is 24.5 Å². The van der Waals surface area contributed by atoms with Crippen molar-refractivity contribution in [1.82, 2.24) is 0 Å². The lowest BCUT2D eigenvalue weighted by Gasteiger charge is -2.09. The molecule has 0 radical (unpaired) electrons. The second-order valence-corrected chi connectivity index (χ2v) is 3.66. The Morgan fingerprint density at radius 1 is 1.40 bits per heavy atom. The summed E-state index contributed by atoms with van der Waals surface area (Å²) in [6, 6.07) is 6.07. The molecule has 0 atom stereocenters. The fourth-order valence-electron chi connectivity index (χ4n) is 1.63. The maximum absolute atomic E-state index is 12.4. The number of halogens is 2. The van der Waals surface area contributed by atoms with Crippen molar-refractivity contribution in [1.29, 1.82) is 0 Å². The van der Waals surface area contributed by atoms with Crippen LogP contribution in [0.3, 0.4) is 0 Å². The van der Waals surface area contributed by atoms with Gasteiger partial charge in [0.05, 0.1) is 5.54 Å². The summed E-state index contributed by atoms with van der Waals surface area (Å²) < 4.78 is 24.9. The number of rotatable bonds is 3. The Morgan fingerprint density at radius 2 is 2.13 bits per heavy atom. The van der Waals surface area contributed by atoms with Gasteiger partial charge in [-0.15, -0.1) is 0 Å². The lowest BCUT2D eigenvalue weighted by molar-refractivity contribution is 0.151. The van der Waals surface area contributed by atoms with E-state index in [0.717, 1.165) is 12.8 Å². The predicted molar refractivity (Wildman–Crippen MR) is 50.4 cm³/mol. The van der Waals surface area contributed by atoms with Crippen molar-refractivity contribution in [3.05, 3.63) is 35.4 Å². The van der Waals surface area contributed by atoms with Crippen LogP contribution in [0.5, 0.6) is 0 Å². The topological polar surface area (TPSA) is 29.4 Å². The van der Waals surface area contributed by atoms with Crippen LogP contribution in [0.2, 0.25) is 0 Å². The SMILES string of the molecule is O=C=NC1(c2cccc(C(F)F)c2)CC1. The first-order valence-electron chi connectivity index (χ1n) is 4.65. The van der Waals surface area contributed by atoms with E-state index in [9.17, 15) is 13.6 Å². The summed E-state index contributed by atoms with van der Waals surface area (Å²) in [6.07, 6.45) is 0.482. The average molecular weight is 209 g/mol. The number of alkyl halides is 2. The van der Waals surface area contributed by atoms with E-state index in [4.69, 9.17) is 0 Å². The Bertz CT molecular complexity index is 420. The minimum Gasteiger partial charge on any atom is -0.211 e. The Hall–Kier alpha value is -1.54. The van der Waals surface area contributed by atoms with Crippen LogP contribution >= 0.6 is 0 Å². The van der Waals surface area contributed by atoms with Gasteiger partial charge < -0.3 is 0 Å². The van der Waals surface area contributed by atoms with E-state index in [-0.39, 0.29) is 5.56 Å². The summed E-state index contributed by atoms with van der Waals surface area (Å²) in [4.78, 5) is 13.9. The van der Waals surface area contributed by atoms with Gasteiger partial charge in [0, 0.05) is 5.56 Å². The second-order valence-electron chi connectivity index (χ2n) is 3.66. The summed E-state index contributed by atoms with van der Waals surface area (Å²) in [7, 11) is 0. The molecular formula is C11H9F2NO. The largest absolute Gasteiger partial charge is 0.263 e. The van der Waals surface area contributed by atoms with Crippen LogP contribution < -0.4 is 0 Å². The van der Waals surface area contributed by atoms with E-state index in [0.29, 0.717) is 5.56 Å². The van der Waals surface area contributed by atoms with Crippen molar-refractivity contribution in [2.75, 3.05) is 0 Å². The molecule has 0 saturated heterocycles. The first-order chi connectivity index (χ1) is 7.18. The van der Waals surface area contributed by atoms with Gasteiger partial charge in [-0.25, -0.2) is 13.6 Å². The molecule has 1 fully saturated rings. The summed E-state index contributed by atoms with van der Waals surface area (Å²) in [5.74, 6) is 0. The molecule has 1 aromatic rings. The molecule has 0 amide bonds. The molecule has 1 aliphatic carbocycles. The highest BCUT2D eigenvalue weighted by Crippen LogP contribution is 2.49. The van der Waals surface area contributed by atoms with Crippen molar-refractivity contribution in [3.63, 3.8) is 0 Å². The van der Waals surface area contributed by atoms with Crippen molar-refractivity contribution >= 4 is 6.08 Å². The lowest BCUT2D eigenvalue weighted by Crippen LogP contribution is -2.02. The maximum Gasteiger partial charge on any atom is 0.263 e. The van der Waals surface area contributed by atoms with Gasteiger partial charge in [-0.2, -0.15) is 4.99 Å². The Kier molecular flexibility index (Phi) is 2.37. The first kappa shape index (κ1) is 9.99. The maximum atomic E-state index is 12.4. The average Bonchev–Trinajstić information content (AvgIpc) is 3.00. The minimum absolute atomic E-state index is 0.0279. The van der Waals surface area contributed by atoms with Crippen LogP contribution in [-0.4, -0.2) is 6.08 Å². The number of nitrogens with zero attached hydrogens (tertiary/aromatic N) is 1. The minimum atomic E-state index is -2.49. The number of hydrogen-bond donors (Lipinski definition) is 0. The summed E-state index contributed by atoms with van der Waals surface area (Å²) >= 11 is 0. The summed E-state index contributed by atoms with van der Waals surface area (Å²) in [6.45, 7) is 0. The van der Waals surface area contributed by atoms with Crippen LogP contribution in [0, 0.1) is 0 Å². The molecule has 15 heavy (non-hydrogen) atoms. The highest BCUT2D eigenvalue weighted by molar-refractivity contribution is 5.42. The lowest BCUT2D eigenvalue weighted by atomic mass is 10.0. The fourth-order valence-corrected chi connectivity index (χ4v) is 1.63. The van der Waals surface area contributed by atoms with Crippen LogP contribution in [0.15, 0.2) is 29.3 Å². The van der Waals surface area contributed by atoms with E-state index in [2.05, 4.69) is 4.99 Å². The highest BCUT2D eigenvalue weighted by Gasteiger charge is 2.44. The smallest absolute Gasteiger partial charge is 0.211 e. The van der Waals surface area contributed by atoms with Gasteiger partial charge in [0.1, 0.15) is 0 Å². The Balaban J connectivity index is 2.37. The standard InChI is InChI=1S/C11H9F2NO/c12-10(13)8-2-1-3-9(6-8)11(4-5-11)14-7-15/h1-3,6,10H,4-5H2. The van der Waals surface area contributed by atoms with Gasteiger partial charge in [0.2, 0.25) is 6.08 Å². The molecule has 0 aliphatic heterocycles. The van der Waals surface area contributed by atoms with Crippen LogP contribution in [0.4, 0.5) is 8.78 Å². The van der Waals surface area contributed by atoms with Gasteiger partial charge in [0.25, 0.3) is 6.43 Å². The molecule has 2 nitrogen and oxygen atoms in total. The predicted octanol–water partition coefficient (Wildman–Crippen LogP) is 2.95. The molecule has 1 saturated carbocycles. The van der Waals surface area contributed by atoms with Crippen molar-refractivity contribution in [2.24, 2.45) is 4.99 Å². The van der Waals surface area contributed by atoms with E-state index in [1.165, 1.54) is 18.2 Å². The summed E-state index contributed by atoms with van der Waals surface area (Å²) in [5, 5.41) is 0. The third kappa shape index (κ3) is 1.81. The summed E-state index contributed by atoms with van der Waals surface area (Å²) in [5.41, 5.74) is 0.0932. The molecule has 0 heterocycles. The molecule has 0 unspecified atom stereocenters. The highest BCUT2D eigenvalue weighted by atomic mass is 19.3. The van der Waals surface area contributed by atoms with Gasteiger partial charge in [0.15, 0.2) is 0 Å². The quantitative estimate of drug-likeness (QED) is 0.555. The molecule has 1 aromatic carbocycles. The fraction of sp³-hybridized carbons (Fsp3) is 0.364. The van der Waals surface area contributed by atoms with Crippen LogP contribution in [-0.2, 0) is 10.3 Å². The molecule has 2 rings (SSSR count). The van der Waals surface area contributed by atoms with Crippen LogP contribution in [0.1, 0.15) is 30.4 Å². The van der Waals surface area contributed by atoms with Crippen molar-refractivity contribution in [2.45, 2.75) is 24.8 Å². The van der Waals surface area contributed by atoms with Crippen molar-refractivity contribution < 1.29 is 13.6 Å². The van der Waals surface area contributed by atoms with E-state index in [1.54, 1.807) is 12.1 Å². The Labute approximate surface area is 85.6 Å². The molecule has 0 aromatic heterocycles. The Morgan fingerprint density at radius 3 is 2.67 bits per heavy atom. The van der Waals surface area contributed by atoms with E-state index < -0.39 is 12.0 Å². The molecule has 0 N–H and O–H groups in total. The normalized spacial score (nSPS) is 17.3. The number of benzene rings is 1.